The topological polar surface area (TPSA) is 83.5 Å². The van der Waals surface area contributed by atoms with Gasteiger partial charge in [-0.05, 0) is 6.92 Å². The molecule has 10 heavy (non-hydrogen) atoms. The summed E-state index contributed by atoms with van der Waals surface area (Å²) >= 11 is 0. The summed E-state index contributed by atoms with van der Waals surface area (Å²) in [7, 11) is 0. The van der Waals surface area contributed by atoms with Gasteiger partial charge < -0.3 is 15.9 Å². The minimum absolute atomic E-state index is 0.476. The first kappa shape index (κ1) is 11.7. The number of carbonyl (C=O) groups is 1. The Balaban J connectivity index is 0. The van der Waals surface area contributed by atoms with E-state index in [4.69, 9.17) is 15.0 Å². The van der Waals surface area contributed by atoms with Gasteiger partial charge in [-0.2, -0.15) is 0 Å². The van der Waals surface area contributed by atoms with Gasteiger partial charge in [0.2, 0.25) is 0 Å². The number of aliphatic hydroxyl groups is 1. The van der Waals surface area contributed by atoms with Gasteiger partial charge in [-0.25, -0.2) is 9.18 Å². The highest BCUT2D eigenvalue weighted by Crippen LogP contribution is 1.89. The van der Waals surface area contributed by atoms with E-state index in [1.54, 1.807) is 0 Å². The Morgan fingerprint density at radius 2 is 2.10 bits per heavy atom. The minimum Gasteiger partial charge on any atom is -0.465 e. The van der Waals surface area contributed by atoms with Crippen molar-refractivity contribution >= 4 is 6.09 Å². The van der Waals surface area contributed by atoms with Crippen LogP contribution in [-0.2, 0) is 0 Å². The molecule has 0 atom stereocenters. The highest BCUT2D eigenvalue weighted by atomic mass is 19.1. The molecular formula is C5H10FNO3. The minimum atomic E-state index is -1.33. The molecule has 0 aliphatic rings. The zero-order chi connectivity index (χ0) is 8.57. The Hall–Kier alpha value is -1.10. The predicted molar refractivity (Wildman–Crippen MR) is 34.2 cm³/mol. The van der Waals surface area contributed by atoms with E-state index in [1.807, 2.05) is 0 Å². The van der Waals surface area contributed by atoms with Gasteiger partial charge in [-0.1, -0.05) is 6.08 Å². The van der Waals surface area contributed by atoms with Crippen LogP contribution in [0.1, 0.15) is 6.92 Å². The first-order valence-corrected chi connectivity index (χ1v) is 2.44. The van der Waals surface area contributed by atoms with Crippen molar-refractivity contribution in [1.29, 1.82) is 0 Å². The van der Waals surface area contributed by atoms with Gasteiger partial charge in [0.25, 0.3) is 0 Å². The van der Waals surface area contributed by atoms with Crippen molar-refractivity contribution in [1.82, 2.24) is 0 Å². The summed E-state index contributed by atoms with van der Waals surface area (Å²) in [4.78, 5) is 8.78. The average molecular weight is 151 g/mol. The number of allylic oxidation sites excluding steroid dienone is 1. The first-order valence-electron chi connectivity index (χ1n) is 2.44. The number of primary amides is 1. The van der Waals surface area contributed by atoms with Crippen LogP contribution in [0, 0.1) is 0 Å². The van der Waals surface area contributed by atoms with Crippen LogP contribution in [0.25, 0.3) is 0 Å². The van der Waals surface area contributed by atoms with Crippen LogP contribution in [0.2, 0.25) is 0 Å². The summed E-state index contributed by atoms with van der Waals surface area (Å²) in [5.74, 6) is -0.477. The molecule has 0 bridgehead atoms. The zero-order valence-electron chi connectivity index (χ0n) is 5.54. The first-order chi connectivity index (χ1) is 4.54. The predicted octanol–water partition coefficient (Wildman–Crippen LogP) is 0.475. The number of rotatable bonds is 1. The molecule has 0 saturated carbocycles. The number of hydrogen-bond donors (Lipinski definition) is 3. The number of carboxylic acid groups (broad SMARTS) is 1. The van der Waals surface area contributed by atoms with Crippen molar-refractivity contribution in [2.24, 2.45) is 5.73 Å². The molecule has 4 nitrogen and oxygen atoms in total. The van der Waals surface area contributed by atoms with Crippen molar-refractivity contribution in [3.63, 3.8) is 0 Å². The third-order valence-electron chi connectivity index (χ3n) is 0.464. The lowest BCUT2D eigenvalue weighted by molar-refractivity contribution is 0.205. The molecule has 1 amide bonds. The molecule has 0 unspecified atom stereocenters. The normalized spacial score (nSPS) is 9.70. The molecule has 4 N–H and O–H groups in total. The van der Waals surface area contributed by atoms with Gasteiger partial charge in [0.15, 0.2) is 0 Å². The summed E-state index contributed by atoms with van der Waals surface area (Å²) in [5.41, 5.74) is 4.03. The number of halogens is 1. The van der Waals surface area contributed by atoms with Crippen LogP contribution in [0.5, 0.6) is 0 Å². The molecule has 0 aromatic rings. The van der Waals surface area contributed by atoms with Crippen LogP contribution in [0.3, 0.4) is 0 Å². The highest BCUT2D eigenvalue weighted by molar-refractivity contribution is 5.61. The van der Waals surface area contributed by atoms with Crippen LogP contribution < -0.4 is 5.73 Å². The van der Waals surface area contributed by atoms with E-state index in [9.17, 15) is 4.39 Å². The Bertz CT molecular complexity index is 120. The molecule has 5 heteroatoms. The fourth-order valence-corrected chi connectivity index (χ4v) is 0.0913. The van der Waals surface area contributed by atoms with Crippen LogP contribution in [-0.4, -0.2) is 22.9 Å². The summed E-state index contributed by atoms with van der Waals surface area (Å²) in [6, 6.07) is 0. The van der Waals surface area contributed by atoms with Crippen molar-refractivity contribution in [2.45, 2.75) is 6.92 Å². The van der Waals surface area contributed by atoms with Crippen molar-refractivity contribution in [3.8, 4) is 0 Å². The Labute approximate surface area is 57.8 Å². The third kappa shape index (κ3) is 28.6. The van der Waals surface area contributed by atoms with Crippen molar-refractivity contribution in [2.75, 3.05) is 6.61 Å². The lowest BCUT2D eigenvalue weighted by Gasteiger charge is -1.79. The van der Waals surface area contributed by atoms with Crippen LogP contribution in [0.4, 0.5) is 9.18 Å². The largest absolute Gasteiger partial charge is 0.465 e. The maximum absolute atomic E-state index is 11.5. The number of hydrogen-bond acceptors (Lipinski definition) is 2. The molecule has 0 fully saturated rings. The fourth-order valence-electron chi connectivity index (χ4n) is 0.0913. The second kappa shape index (κ2) is 7.90. The second-order valence-corrected chi connectivity index (χ2v) is 1.23. The molecule has 0 saturated heterocycles. The Kier molecular flexibility index (Phi) is 9.22. The Morgan fingerprint density at radius 1 is 1.80 bits per heavy atom. The van der Waals surface area contributed by atoms with Crippen molar-refractivity contribution < 1.29 is 19.4 Å². The SMILES string of the molecule is C/C=C(/F)CO.NC(=O)O. The van der Waals surface area contributed by atoms with E-state index in [1.165, 1.54) is 13.0 Å². The molecule has 60 valence electrons. The number of nitrogens with two attached hydrogens (primary N) is 1. The molecule has 0 rings (SSSR count). The van der Waals surface area contributed by atoms with E-state index < -0.39 is 18.5 Å². The van der Waals surface area contributed by atoms with E-state index in [0.29, 0.717) is 0 Å². The molecule has 0 aromatic heterocycles. The number of aliphatic hydroxyl groups excluding tert-OH is 1. The molecule has 0 aromatic carbocycles. The summed E-state index contributed by atoms with van der Waals surface area (Å²) in [6.45, 7) is 1.06. The van der Waals surface area contributed by atoms with Gasteiger partial charge in [0.1, 0.15) is 5.83 Å². The quantitative estimate of drug-likeness (QED) is 0.509. The molecule has 0 heterocycles. The highest BCUT2D eigenvalue weighted by Gasteiger charge is 1.80. The second-order valence-electron chi connectivity index (χ2n) is 1.23. The molecule has 0 spiro atoms. The van der Waals surface area contributed by atoms with Crippen LogP contribution in [0.15, 0.2) is 11.9 Å². The average Bonchev–Trinajstić information content (AvgIpc) is 1.85. The molecule has 0 aliphatic heterocycles. The summed E-state index contributed by atoms with van der Waals surface area (Å²) < 4.78 is 11.5. The maximum Gasteiger partial charge on any atom is 0.402 e. The van der Waals surface area contributed by atoms with E-state index in [-0.39, 0.29) is 0 Å². The van der Waals surface area contributed by atoms with Gasteiger partial charge in [0.05, 0.1) is 6.61 Å². The van der Waals surface area contributed by atoms with Crippen LogP contribution >= 0.6 is 0 Å². The smallest absolute Gasteiger partial charge is 0.402 e. The van der Waals surface area contributed by atoms with Gasteiger partial charge in [-0.15, -0.1) is 0 Å². The third-order valence-corrected chi connectivity index (χ3v) is 0.464. The van der Waals surface area contributed by atoms with E-state index >= 15 is 0 Å². The van der Waals surface area contributed by atoms with E-state index in [2.05, 4.69) is 5.73 Å². The fraction of sp³-hybridized carbons (Fsp3) is 0.400. The van der Waals surface area contributed by atoms with E-state index in [0.717, 1.165) is 0 Å². The van der Waals surface area contributed by atoms with Gasteiger partial charge in [-0.3, -0.25) is 0 Å². The molecule has 0 radical (unpaired) electrons. The standard InChI is InChI=1S/C4H7FO.CH3NO2/c1-2-4(5)3-6;2-1(3)4/h2,6H,3H2,1H3;2H2,(H,3,4)/b4-2+;. The zero-order valence-corrected chi connectivity index (χ0v) is 5.54. The monoisotopic (exact) mass is 151 g/mol. The number of amides is 1. The Morgan fingerprint density at radius 3 is 2.10 bits per heavy atom. The van der Waals surface area contributed by atoms with Gasteiger partial charge >= 0.3 is 6.09 Å². The summed E-state index contributed by atoms with van der Waals surface area (Å²) in [6.07, 6.45) is -0.111. The van der Waals surface area contributed by atoms with Gasteiger partial charge in [0, 0.05) is 0 Å². The van der Waals surface area contributed by atoms with Crippen molar-refractivity contribution in [3.05, 3.63) is 11.9 Å². The molecule has 0 aliphatic carbocycles. The summed E-state index contributed by atoms with van der Waals surface area (Å²) in [5, 5.41) is 15.1. The molecular weight excluding hydrogens is 141 g/mol. The lowest BCUT2D eigenvalue weighted by atomic mass is 10.5. The lowest BCUT2D eigenvalue weighted by Crippen LogP contribution is -2.03. The maximum atomic E-state index is 11.5.